The fourth-order valence-corrected chi connectivity index (χ4v) is 3.35. The van der Waals surface area contributed by atoms with Gasteiger partial charge in [0.05, 0.1) is 0 Å². The zero-order chi connectivity index (χ0) is 13.4. The Balaban J connectivity index is 2.28. The number of halogens is 2. The summed E-state index contributed by atoms with van der Waals surface area (Å²) in [6.45, 7) is 2.15. The molecule has 2 heteroatoms. The molecule has 1 aliphatic carbocycles. The minimum absolute atomic E-state index is 0.764. The Morgan fingerprint density at radius 2 is 1.68 bits per heavy atom. The Labute approximate surface area is 123 Å². The molecule has 0 bridgehead atoms. The molecule has 0 amide bonds. The van der Waals surface area contributed by atoms with E-state index in [4.69, 9.17) is 23.2 Å². The smallest absolute Gasteiger partial charge is 0.0491 e. The van der Waals surface area contributed by atoms with Crippen molar-refractivity contribution < 1.29 is 0 Å². The maximum atomic E-state index is 6.56. The van der Waals surface area contributed by atoms with Crippen LogP contribution < -0.4 is 0 Å². The van der Waals surface area contributed by atoms with Crippen molar-refractivity contribution in [3.63, 3.8) is 0 Å². The molecule has 0 atom stereocenters. The van der Waals surface area contributed by atoms with Gasteiger partial charge in [0, 0.05) is 21.2 Å². The average Bonchev–Trinajstić information content (AvgIpc) is 2.77. The summed E-state index contributed by atoms with van der Waals surface area (Å²) >= 11 is 13.0. The second-order valence-corrected chi connectivity index (χ2v) is 5.56. The minimum atomic E-state index is 0.764. The van der Waals surface area contributed by atoms with Crippen LogP contribution in [0.3, 0.4) is 0 Å². The number of hydrogen-bond acceptors (Lipinski definition) is 0. The number of fused-ring (bicyclic) bond motifs is 1. The van der Waals surface area contributed by atoms with Gasteiger partial charge in [-0.1, -0.05) is 66.5 Å². The van der Waals surface area contributed by atoms with Crippen molar-refractivity contribution in [3.05, 3.63) is 64.2 Å². The van der Waals surface area contributed by atoms with Crippen LogP contribution in [-0.2, 0) is 6.42 Å². The number of benzene rings is 2. The van der Waals surface area contributed by atoms with Gasteiger partial charge < -0.3 is 0 Å². The van der Waals surface area contributed by atoms with Crippen LogP contribution in [-0.4, -0.2) is 0 Å². The van der Waals surface area contributed by atoms with Crippen molar-refractivity contribution in [2.75, 3.05) is 0 Å². The van der Waals surface area contributed by atoms with Crippen LogP contribution >= 0.6 is 23.2 Å². The topological polar surface area (TPSA) is 0 Å². The first-order valence-electron chi connectivity index (χ1n) is 6.47. The highest BCUT2D eigenvalue weighted by atomic mass is 35.5. The molecule has 3 rings (SSSR count). The third-order valence-corrected chi connectivity index (χ3v) is 4.43. The van der Waals surface area contributed by atoms with E-state index >= 15 is 0 Å². The van der Waals surface area contributed by atoms with Gasteiger partial charge in [-0.25, -0.2) is 0 Å². The van der Waals surface area contributed by atoms with Crippen molar-refractivity contribution in [1.29, 1.82) is 0 Å². The van der Waals surface area contributed by atoms with E-state index in [9.17, 15) is 0 Å². The lowest BCUT2D eigenvalue weighted by atomic mass is 9.97. The Morgan fingerprint density at radius 1 is 0.947 bits per heavy atom. The number of rotatable bonds is 2. The second-order valence-electron chi connectivity index (χ2n) is 4.77. The van der Waals surface area contributed by atoms with Gasteiger partial charge in [-0.3, -0.25) is 0 Å². The van der Waals surface area contributed by atoms with Gasteiger partial charge in [0.25, 0.3) is 0 Å². The minimum Gasteiger partial charge on any atom is -0.0837 e. The van der Waals surface area contributed by atoms with Crippen molar-refractivity contribution in [1.82, 2.24) is 0 Å². The van der Waals surface area contributed by atoms with Gasteiger partial charge >= 0.3 is 0 Å². The van der Waals surface area contributed by atoms with E-state index in [1.807, 2.05) is 24.3 Å². The molecule has 96 valence electrons. The van der Waals surface area contributed by atoms with E-state index in [1.165, 1.54) is 11.1 Å². The summed E-state index contributed by atoms with van der Waals surface area (Å²) in [5.74, 6) is 0. The molecule has 2 aromatic carbocycles. The molecule has 0 N–H and O–H groups in total. The Morgan fingerprint density at radius 3 is 2.37 bits per heavy atom. The summed E-state index contributed by atoms with van der Waals surface area (Å²) in [7, 11) is 0. The number of hydrogen-bond donors (Lipinski definition) is 0. The van der Waals surface area contributed by atoms with Gasteiger partial charge in [-0.05, 0) is 35.6 Å². The lowest BCUT2D eigenvalue weighted by molar-refractivity contribution is 1.04. The quantitative estimate of drug-likeness (QED) is 0.643. The first kappa shape index (κ1) is 12.8. The van der Waals surface area contributed by atoms with E-state index in [1.54, 1.807) is 0 Å². The van der Waals surface area contributed by atoms with Crippen LogP contribution in [0.1, 0.15) is 24.5 Å². The van der Waals surface area contributed by atoms with Gasteiger partial charge in [-0.15, -0.1) is 0 Å². The molecule has 0 spiro atoms. The molecule has 0 radical (unpaired) electrons. The van der Waals surface area contributed by atoms with E-state index in [-0.39, 0.29) is 0 Å². The molecule has 0 aliphatic heterocycles. The van der Waals surface area contributed by atoms with Crippen LogP contribution in [0.2, 0.25) is 5.02 Å². The Kier molecular flexibility index (Phi) is 3.38. The highest BCUT2D eigenvalue weighted by molar-refractivity contribution is 6.51. The van der Waals surface area contributed by atoms with Crippen LogP contribution in [0.5, 0.6) is 0 Å². The van der Waals surface area contributed by atoms with E-state index in [0.717, 1.165) is 39.6 Å². The van der Waals surface area contributed by atoms with E-state index in [2.05, 4.69) is 25.1 Å². The molecular weight excluding hydrogens is 275 g/mol. The molecule has 0 saturated heterocycles. The zero-order valence-electron chi connectivity index (χ0n) is 10.7. The van der Waals surface area contributed by atoms with Crippen molar-refractivity contribution in [2.24, 2.45) is 0 Å². The van der Waals surface area contributed by atoms with Crippen LogP contribution in [0, 0.1) is 0 Å². The molecule has 19 heavy (non-hydrogen) atoms. The Bertz CT molecular complexity index is 654. The largest absolute Gasteiger partial charge is 0.0837 e. The van der Waals surface area contributed by atoms with Gasteiger partial charge in [-0.2, -0.15) is 0 Å². The van der Waals surface area contributed by atoms with Crippen molar-refractivity contribution in [2.45, 2.75) is 19.8 Å². The molecule has 0 unspecified atom stereocenters. The predicted molar refractivity (Wildman–Crippen MR) is 83.7 cm³/mol. The maximum Gasteiger partial charge on any atom is 0.0491 e. The van der Waals surface area contributed by atoms with Crippen molar-refractivity contribution in [3.8, 4) is 11.1 Å². The third kappa shape index (κ3) is 2.09. The molecule has 0 heterocycles. The Hall–Kier alpha value is -1.24. The molecule has 2 aromatic rings. The van der Waals surface area contributed by atoms with Crippen LogP contribution in [0.25, 0.3) is 16.2 Å². The predicted octanol–water partition coefficient (Wildman–Crippen LogP) is 5.92. The fraction of sp³-hybridized carbons (Fsp3) is 0.176. The van der Waals surface area contributed by atoms with Crippen LogP contribution in [0.4, 0.5) is 0 Å². The summed E-state index contributed by atoms with van der Waals surface area (Å²) in [4.78, 5) is 0. The maximum absolute atomic E-state index is 6.56. The fourth-order valence-electron chi connectivity index (χ4n) is 2.67. The van der Waals surface area contributed by atoms with Crippen LogP contribution in [0.15, 0.2) is 48.0 Å². The van der Waals surface area contributed by atoms with E-state index in [0.29, 0.717) is 0 Å². The SMILES string of the molecule is CCC1=C(Cl)c2c(ccc(Cl)c2-c2ccccc2)C1. The summed E-state index contributed by atoms with van der Waals surface area (Å²) in [6, 6.07) is 14.3. The summed E-state index contributed by atoms with van der Waals surface area (Å²) in [5, 5.41) is 1.65. The van der Waals surface area contributed by atoms with Gasteiger partial charge in [0.2, 0.25) is 0 Å². The number of allylic oxidation sites excluding steroid dienone is 1. The van der Waals surface area contributed by atoms with Gasteiger partial charge in [0.1, 0.15) is 0 Å². The molecule has 1 aliphatic rings. The average molecular weight is 289 g/mol. The zero-order valence-corrected chi connectivity index (χ0v) is 12.2. The summed E-state index contributed by atoms with van der Waals surface area (Å²) in [6.07, 6.45) is 1.93. The summed E-state index contributed by atoms with van der Waals surface area (Å²) in [5.41, 5.74) is 5.89. The second kappa shape index (κ2) is 5.03. The molecule has 0 nitrogen and oxygen atoms in total. The highest BCUT2D eigenvalue weighted by Gasteiger charge is 2.24. The molecule has 0 aromatic heterocycles. The summed E-state index contributed by atoms with van der Waals surface area (Å²) < 4.78 is 0. The molecular formula is C17H14Cl2. The lowest BCUT2D eigenvalue weighted by Crippen LogP contribution is -1.90. The van der Waals surface area contributed by atoms with Gasteiger partial charge in [0.15, 0.2) is 0 Å². The molecule has 0 saturated carbocycles. The first-order valence-corrected chi connectivity index (χ1v) is 7.22. The van der Waals surface area contributed by atoms with Crippen molar-refractivity contribution >= 4 is 28.2 Å². The van der Waals surface area contributed by atoms with E-state index < -0.39 is 0 Å². The highest BCUT2D eigenvalue weighted by Crippen LogP contribution is 2.45. The normalized spacial score (nSPS) is 13.8. The standard InChI is InChI=1S/C17H14Cl2/c1-2-11-10-13-8-9-14(18)15(16(13)17(11)19)12-6-4-3-5-7-12/h3-9H,2,10H2,1H3. The third-order valence-electron chi connectivity index (χ3n) is 3.66. The first-order chi connectivity index (χ1) is 9.22. The molecule has 0 fully saturated rings. The monoisotopic (exact) mass is 288 g/mol. The lowest BCUT2D eigenvalue weighted by Gasteiger charge is -2.11.